The van der Waals surface area contributed by atoms with Crippen molar-refractivity contribution in [2.24, 2.45) is 11.8 Å². The van der Waals surface area contributed by atoms with E-state index < -0.39 is 6.16 Å². The summed E-state index contributed by atoms with van der Waals surface area (Å²) >= 11 is 0. The van der Waals surface area contributed by atoms with Gasteiger partial charge in [-0.2, -0.15) is 0 Å². The summed E-state index contributed by atoms with van der Waals surface area (Å²) in [5.74, 6) is 0.644. The SMILES string of the molecule is CCCCCCOC(=O)OC(C(C)C)C(C)C. The fourth-order valence-corrected chi connectivity index (χ4v) is 1.87. The zero-order valence-electron chi connectivity index (χ0n) is 12.0. The molecule has 0 rings (SSSR count). The first-order valence-electron chi connectivity index (χ1n) is 6.82. The minimum atomic E-state index is -0.520. The molecule has 0 unspecified atom stereocenters. The minimum Gasteiger partial charge on any atom is -0.434 e. The number of carbonyl (C=O) groups excluding carboxylic acids is 1. The molecule has 102 valence electrons. The number of unbranched alkanes of at least 4 members (excludes halogenated alkanes) is 3. The van der Waals surface area contributed by atoms with Crippen molar-refractivity contribution in [2.45, 2.75) is 66.4 Å². The molecular formula is C14H28O3. The lowest BCUT2D eigenvalue weighted by atomic mass is 9.96. The van der Waals surface area contributed by atoms with E-state index in [4.69, 9.17) is 9.47 Å². The van der Waals surface area contributed by atoms with Crippen LogP contribution in [0, 0.1) is 11.8 Å². The van der Waals surface area contributed by atoms with Crippen LogP contribution in [0.2, 0.25) is 0 Å². The van der Waals surface area contributed by atoms with Gasteiger partial charge in [-0.05, 0) is 18.3 Å². The highest BCUT2D eigenvalue weighted by Gasteiger charge is 2.22. The molecule has 0 bridgehead atoms. The Kier molecular flexibility index (Phi) is 8.92. The molecule has 0 saturated heterocycles. The molecule has 0 atom stereocenters. The Morgan fingerprint density at radius 2 is 1.59 bits per heavy atom. The summed E-state index contributed by atoms with van der Waals surface area (Å²) in [6.07, 6.45) is 3.84. The van der Waals surface area contributed by atoms with Crippen molar-refractivity contribution >= 4 is 6.16 Å². The second-order valence-electron chi connectivity index (χ2n) is 5.23. The first kappa shape index (κ1) is 16.3. The van der Waals surface area contributed by atoms with Gasteiger partial charge in [-0.15, -0.1) is 0 Å². The van der Waals surface area contributed by atoms with Gasteiger partial charge in [0.25, 0.3) is 0 Å². The van der Waals surface area contributed by atoms with Crippen LogP contribution < -0.4 is 0 Å². The molecule has 0 N–H and O–H groups in total. The minimum absolute atomic E-state index is 0.0573. The fourth-order valence-electron chi connectivity index (χ4n) is 1.87. The van der Waals surface area contributed by atoms with Gasteiger partial charge in [-0.1, -0.05) is 53.9 Å². The predicted molar refractivity (Wildman–Crippen MR) is 70.0 cm³/mol. The van der Waals surface area contributed by atoms with Crippen LogP contribution in [0.15, 0.2) is 0 Å². The van der Waals surface area contributed by atoms with E-state index in [0.717, 1.165) is 12.8 Å². The monoisotopic (exact) mass is 244 g/mol. The highest BCUT2D eigenvalue weighted by atomic mass is 16.7. The van der Waals surface area contributed by atoms with E-state index in [0.29, 0.717) is 18.4 Å². The van der Waals surface area contributed by atoms with Crippen LogP contribution in [0.1, 0.15) is 60.3 Å². The first-order valence-corrected chi connectivity index (χ1v) is 6.82. The van der Waals surface area contributed by atoms with Crippen LogP contribution >= 0.6 is 0 Å². The molecule has 0 aromatic heterocycles. The molecule has 0 aliphatic heterocycles. The van der Waals surface area contributed by atoms with Crippen molar-refractivity contribution < 1.29 is 14.3 Å². The Morgan fingerprint density at radius 1 is 1.00 bits per heavy atom. The molecule has 0 aliphatic carbocycles. The van der Waals surface area contributed by atoms with Crippen molar-refractivity contribution in [3.05, 3.63) is 0 Å². The molecule has 0 aliphatic rings. The Balaban J connectivity index is 3.76. The Bertz CT molecular complexity index is 192. The van der Waals surface area contributed by atoms with Crippen LogP contribution in [0.3, 0.4) is 0 Å². The highest BCUT2D eigenvalue weighted by molar-refractivity contribution is 5.60. The average molecular weight is 244 g/mol. The molecule has 0 radical (unpaired) electrons. The van der Waals surface area contributed by atoms with Crippen molar-refractivity contribution in [1.82, 2.24) is 0 Å². The van der Waals surface area contributed by atoms with E-state index in [1.54, 1.807) is 0 Å². The summed E-state index contributed by atoms with van der Waals surface area (Å²) < 4.78 is 10.4. The van der Waals surface area contributed by atoms with E-state index in [1.165, 1.54) is 12.8 Å². The molecule has 0 aromatic rings. The van der Waals surface area contributed by atoms with Crippen molar-refractivity contribution in [1.29, 1.82) is 0 Å². The Labute approximate surface area is 106 Å². The lowest BCUT2D eigenvalue weighted by Gasteiger charge is -2.24. The van der Waals surface area contributed by atoms with Gasteiger partial charge in [-0.25, -0.2) is 4.79 Å². The van der Waals surface area contributed by atoms with Crippen molar-refractivity contribution in [3.8, 4) is 0 Å². The third-order valence-corrected chi connectivity index (χ3v) is 2.76. The molecule has 3 heteroatoms. The number of rotatable bonds is 8. The van der Waals surface area contributed by atoms with Crippen LogP contribution in [-0.2, 0) is 9.47 Å². The van der Waals surface area contributed by atoms with E-state index in [9.17, 15) is 4.79 Å². The maximum absolute atomic E-state index is 11.5. The second-order valence-corrected chi connectivity index (χ2v) is 5.23. The molecule has 0 saturated carbocycles. The number of carbonyl (C=O) groups is 1. The topological polar surface area (TPSA) is 35.5 Å². The van der Waals surface area contributed by atoms with Gasteiger partial charge in [-0.3, -0.25) is 0 Å². The maximum atomic E-state index is 11.5. The van der Waals surface area contributed by atoms with Gasteiger partial charge in [0.1, 0.15) is 6.10 Å². The molecule has 0 aromatic carbocycles. The quantitative estimate of drug-likeness (QED) is 0.469. The zero-order chi connectivity index (χ0) is 13.3. The molecule has 17 heavy (non-hydrogen) atoms. The summed E-state index contributed by atoms with van der Waals surface area (Å²) in [7, 11) is 0. The normalized spacial score (nSPS) is 11.3. The first-order chi connectivity index (χ1) is 7.99. The van der Waals surface area contributed by atoms with Crippen molar-refractivity contribution in [3.63, 3.8) is 0 Å². The summed E-state index contributed by atoms with van der Waals surface area (Å²) in [5.41, 5.74) is 0. The molecular weight excluding hydrogens is 216 g/mol. The third-order valence-electron chi connectivity index (χ3n) is 2.76. The lowest BCUT2D eigenvalue weighted by molar-refractivity contribution is -0.0110. The molecule has 0 spiro atoms. The standard InChI is InChI=1S/C14H28O3/c1-6-7-8-9-10-16-14(15)17-13(11(2)3)12(4)5/h11-13H,6-10H2,1-5H3. The number of hydrogen-bond acceptors (Lipinski definition) is 3. The van der Waals surface area contributed by atoms with Gasteiger partial charge >= 0.3 is 6.16 Å². The summed E-state index contributed by atoms with van der Waals surface area (Å²) in [6, 6.07) is 0. The van der Waals surface area contributed by atoms with E-state index >= 15 is 0 Å². The molecule has 0 heterocycles. The Hall–Kier alpha value is -0.730. The largest absolute Gasteiger partial charge is 0.508 e. The second kappa shape index (κ2) is 9.32. The van der Waals surface area contributed by atoms with Crippen LogP contribution in [0.4, 0.5) is 4.79 Å². The number of ether oxygens (including phenoxy) is 2. The smallest absolute Gasteiger partial charge is 0.434 e. The predicted octanol–water partition coefficient (Wildman–Crippen LogP) is 4.40. The fraction of sp³-hybridized carbons (Fsp3) is 0.929. The number of hydrogen-bond donors (Lipinski definition) is 0. The molecule has 3 nitrogen and oxygen atoms in total. The zero-order valence-corrected chi connectivity index (χ0v) is 12.0. The van der Waals surface area contributed by atoms with Crippen molar-refractivity contribution in [2.75, 3.05) is 6.61 Å². The van der Waals surface area contributed by atoms with Crippen LogP contribution in [0.5, 0.6) is 0 Å². The van der Waals surface area contributed by atoms with Gasteiger partial charge in [0.05, 0.1) is 6.61 Å². The van der Waals surface area contributed by atoms with E-state index in [2.05, 4.69) is 34.6 Å². The highest BCUT2D eigenvalue weighted by Crippen LogP contribution is 2.16. The third kappa shape index (κ3) is 8.06. The van der Waals surface area contributed by atoms with Crippen LogP contribution in [0.25, 0.3) is 0 Å². The molecule has 0 fully saturated rings. The molecule has 0 amide bonds. The average Bonchev–Trinajstić information content (AvgIpc) is 2.24. The van der Waals surface area contributed by atoms with E-state index in [1.807, 2.05) is 0 Å². The van der Waals surface area contributed by atoms with Crippen LogP contribution in [-0.4, -0.2) is 18.9 Å². The summed E-state index contributed by atoms with van der Waals surface area (Å²) in [5, 5.41) is 0. The summed E-state index contributed by atoms with van der Waals surface area (Å²) in [6.45, 7) is 10.9. The van der Waals surface area contributed by atoms with Gasteiger partial charge in [0.15, 0.2) is 0 Å². The van der Waals surface area contributed by atoms with E-state index in [-0.39, 0.29) is 6.10 Å². The maximum Gasteiger partial charge on any atom is 0.508 e. The lowest BCUT2D eigenvalue weighted by Crippen LogP contribution is -2.29. The summed E-state index contributed by atoms with van der Waals surface area (Å²) in [4.78, 5) is 11.5. The van der Waals surface area contributed by atoms with Gasteiger partial charge < -0.3 is 9.47 Å². The van der Waals surface area contributed by atoms with Gasteiger partial charge in [0, 0.05) is 0 Å². The van der Waals surface area contributed by atoms with Gasteiger partial charge in [0.2, 0.25) is 0 Å². The Morgan fingerprint density at radius 3 is 2.06 bits per heavy atom.